The van der Waals surface area contributed by atoms with Crippen molar-refractivity contribution in [3.05, 3.63) is 53.1 Å². The Morgan fingerprint density at radius 2 is 1.83 bits per heavy atom. The van der Waals surface area contributed by atoms with Crippen molar-refractivity contribution in [3.8, 4) is 17.2 Å². The van der Waals surface area contributed by atoms with E-state index in [0.29, 0.717) is 12.2 Å². The van der Waals surface area contributed by atoms with E-state index in [9.17, 15) is 9.90 Å². The summed E-state index contributed by atoms with van der Waals surface area (Å²) in [6.45, 7) is 0. The zero-order chi connectivity index (χ0) is 17.1. The number of carbonyl (C=O) groups excluding carboxylic acids is 1. The highest BCUT2D eigenvalue weighted by Gasteiger charge is 2.29. The van der Waals surface area contributed by atoms with Gasteiger partial charge in [0.1, 0.15) is 28.9 Å². The third kappa shape index (κ3) is 3.30. The molecule has 0 aromatic heterocycles. The molecule has 1 heterocycles. The summed E-state index contributed by atoms with van der Waals surface area (Å²) in [4.78, 5) is 12.2. The molecule has 0 saturated carbocycles. The van der Waals surface area contributed by atoms with Crippen molar-refractivity contribution in [2.75, 3.05) is 14.2 Å². The Morgan fingerprint density at radius 1 is 1.12 bits per heavy atom. The van der Waals surface area contributed by atoms with E-state index in [2.05, 4.69) is 0 Å². The van der Waals surface area contributed by atoms with E-state index >= 15 is 0 Å². The van der Waals surface area contributed by atoms with Crippen LogP contribution in [0.1, 0.15) is 27.9 Å². The van der Waals surface area contributed by atoms with Crippen LogP contribution in [0.4, 0.5) is 0 Å². The van der Waals surface area contributed by atoms with Crippen molar-refractivity contribution in [2.45, 2.75) is 25.4 Å². The summed E-state index contributed by atoms with van der Waals surface area (Å²) >= 11 is 0. The topological polar surface area (TPSA) is 65.0 Å². The third-order valence-electron chi connectivity index (χ3n) is 4.25. The van der Waals surface area contributed by atoms with Crippen LogP contribution in [0.2, 0.25) is 0 Å². The van der Waals surface area contributed by atoms with Crippen LogP contribution in [0.15, 0.2) is 36.4 Å². The van der Waals surface area contributed by atoms with Gasteiger partial charge in [0, 0.05) is 12.5 Å². The molecule has 0 radical (unpaired) electrons. The zero-order valence-corrected chi connectivity index (χ0v) is 13.7. The van der Waals surface area contributed by atoms with Crippen molar-refractivity contribution in [1.29, 1.82) is 0 Å². The number of hydrogen-bond acceptors (Lipinski definition) is 5. The summed E-state index contributed by atoms with van der Waals surface area (Å²) in [5.74, 6) is 0.785. The summed E-state index contributed by atoms with van der Waals surface area (Å²) in [7, 11) is 3.17. The first-order valence-electron chi connectivity index (χ1n) is 7.84. The monoisotopic (exact) mass is 328 g/mol. The molecule has 2 aromatic carbocycles. The van der Waals surface area contributed by atoms with Crippen LogP contribution < -0.4 is 9.47 Å². The number of cyclic esters (lactones) is 1. The number of methoxy groups -OCH3 is 2. The Kier molecular flexibility index (Phi) is 4.60. The minimum Gasteiger partial charge on any atom is -0.507 e. The van der Waals surface area contributed by atoms with E-state index in [1.54, 1.807) is 13.2 Å². The predicted molar refractivity (Wildman–Crippen MR) is 88.9 cm³/mol. The Morgan fingerprint density at radius 3 is 2.50 bits per heavy atom. The first kappa shape index (κ1) is 16.2. The molecule has 0 amide bonds. The summed E-state index contributed by atoms with van der Waals surface area (Å²) in [6.07, 6.45) is 1.88. The number of phenolic OH excluding ortho intramolecular Hbond substituents is 1. The number of fused-ring (bicyclic) bond motifs is 1. The Hall–Kier alpha value is -2.69. The lowest BCUT2D eigenvalue weighted by Gasteiger charge is -2.25. The average molecular weight is 328 g/mol. The highest BCUT2D eigenvalue weighted by Crippen LogP contribution is 2.33. The lowest BCUT2D eigenvalue weighted by atomic mass is 9.94. The van der Waals surface area contributed by atoms with Gasteiger partial charge in [-0.05, 0) is 42.2 Å². The predicted octanol–water partition coefficient (Wildman–Crippen LogP) is 3.12. The maximum Gasteiger partial charge on any atom is 0.342 e. The molecule has 0 spiro atoms. The fourth-order valence-corrected chi connectivity index (χ4v) is 2.95. The van der Waals surface area contributed by atoms with Crippen molar-refractivity contribution < 1.29 is 24.1 Å². The number of aryl methyl sites for hydroxylation is 1. The molecule has 1 atom stereocenters. The lowest BCUT2D eigenvalue weighted by Crippen LogP contribution is -2.28. The lowest BCUT2D eigenvalue weighted by molar-refractivity contribution is 0.0234. The van der Waals surface area contributed by atoms with Crippen molar-refractivity contribution in [1.82, 2.24) is 0 Å². The number of esters is 1. The second-order valence-corrected chi connectivity index (χ2v) is 5.80. The van der Waals surface area contributed by atoms with Gasteiger partial charge in [-0.2, -0.15) is 0 Å². The van der Waals surface area contributed by atoms with Crippen LogP contribution in [-0.4, -0.2) is 31.4 Å². The first-order valence-corrected chi connectivity index (χ1v) is 7.84. The van der Waals surface area contributed by atoms with Gasteiger partial charge in [0.05, 0.1) is 14.2 Å². The summed E-state index contributed by atoms with van der Waals surface area (Å²) < 4.78 is 15.8. The van der Waals surface area contributed by atoms with Gasteiger partial charge in [-0.3, -0.25) is 0 Å². The first-order chi connectivity index (χ1) is 11.6. The van der Waals surface area contributed by atoms with Gasteiger partial charge >= 0.3 is 5.97 Å². The van der Waals surface area contributed by atoms with Gasteiger partial charge in [-0.1, -0.05) is 12.1 Å². The average Bonchev–Trinajstić information content (AvgIpc) is 2.59. The van der Waals surface area contributed by atoms with Gasteiger partial charge in [0.15, 0.2) is 0 Å². The van der Waals surface area contributed by atoms with Crippen LogP contribution >= 0.6 is 0 Å². The molecule has 2 aromatic rings. The molecule has 0 saturated heterocycles. The largest absolute Gasteiger partial charge is 0.507 e. The minimum absolute atomic E-state index is 0.0945. The zero-order valence-electron chi connectivity index (χ0n) is 13.7. The highest BCUT2D eigenvalue weighted by atomic mass is 16.5. The Balaban J connectivity index is 1.70. The minimum atomic E-state index is -0.476. The normalized spacial score (nSPS) is 16.2. The van der Waals surface area contributed by atoms with E-state index in [-0.39, 0.29) is 17.4 Å². The van der Waals surface area contributed by atoms with E-state index in [1.807, 2.05) is 24.3 Å². The third-order valence-corrected chi connectivity index (χ3v) is 4.25. The number of rotatable bonds is 5. The smallest absolute Gasteiger partial charge is 0.342 e. The molecule has 1 aliphatic heterocycles. The van der Waals surface area contributed by atoms with Crippen LogP contribution in [-0.2, 0) is 17.6 Å². The highest BCUT2D eigenvalue weighted by molar-refractivity contribution is 5.95. The molecule has 5 heteroatoms. The molecular weight excluding hydrogens is 308 g/mol. The van der Waals surface area contributed by atoms with Crippen molar-refractivity contribution >= 4 is 5.97 Å². The molecule has 24 heavy (non-hydrogen) atoms. The Bertz CT molecular complexity index is 736. The van der Waals surface area contributed by atoms with E-state index < -0.39 is 5.97 Å². The summed E-state index contributed by atoms with van der Waals surface area (Å²) in [5, 5.41) is 9.99. The SMILES string of the molecule is COc1ccc(CC[C@@H]2Cc3cc(OC)cc(O)c3C(=O)O2)cc1. The van der Waals surface area contributed by atoms with E-state index in [0.717, 1.165) is 29.7 Å². The number of hydrogen-bond donors (Lipinski definition) is 1. The van der Waals surface area contributed by atoms with Gasteiger partial charge in [0.25, 0.3) is 0 Å². The number of phenols is 1. The van der Waals surface area contributed by atoms with E-state index in [4.69, 9.17) is 14.2 Å². The second kappa shape index (κ2) is 6.83. The number of ether oxygens (including phenoxy) is 3. The number of aromatic hydroxyl groups is 1. The molecule has 0 unspecified atom stereocenters. The molecule has 1 aliphatic rings. The van der Waals surface area contributed by atoms with Crippen molar-refractivity contribution in [2.24, 2.45) is 0 Å². The molecule has 126 valence electrons. The van der Waals surface area contributed by atoms with Crippen LogP contribution in [0.25, 0.3) is 0 Å². The fraction of sp³-hybridized carbons (Fsp3) is 0.316. The summed E-state index contributed by atoms with van der Waals surface area (Å²) in [5.41, 5.74) is 2.17. The molecule has 1 N–H and O–H groups in total. The number of carbonyl (C=O) groups is 1. The quantitative estimate of drug-likeness (QED) is 0.854. The summed E-state index contributed by atoms with van der Waals surface area (Å²) in [6, 6.07) is 11.1. The van der Waals surface area contributed by atoms with Gasteiger partial charge in [-0.25, -0.2) is 4.79 Å². The molecular formula is C19H20O5. The van der Waals surface area contributed by atoms with E-state index in [1.165, 1.54) is 13.2 Å². The molecule has 0 aliphatic carbocycles. The van der Waals surface area contributed by atoms with Gasteiger partial charge in [-0.15, -0.1) is 0 Å². The van der Waals surface area contributed by atoms with Gasteiger partial charge in [0.2, 0.25) is 0 Å². The molecule has 5 nitrogen and oxygen atoms in total. The maximum absolute atomic E-state index is 12.2. The molecule has 0 bridgehead atoms. The Labute approximate surface area is 140 Å². The van der Waals surface area contributed by atoms with Gasteiger partial charge < -0.3 is 19.3 Å². The van der Waals surface area contributed by atoms with Crippen LogP contribution in [0, 0.1) is 0 Å². The standard InChI is InChI=1S/C19H20O5/c1-22-14-6-3-12(4-7-14)5-8-15-9-13-10-16(23-2)11-17(20)18(13)19(21)24-15/h3-4,6-7,10-11,15,20H,5,8-9H2,1-2H3/t15-/m1/s1. The van der Waals surface area contributed by atoms with Crippen LogP contribution in [0.3, 0.4) is 0 Å². The molecule has 3 rings (SSSR count). The van der Waals surface area contributed by atoms with Crippen LogP contribution in [0.5, 0.6) is 17.2 Å². The maximum atomic E-state index is 12.2. The number of benzene rings is 2. The van der Waals surface area contributed by atoms with Crippen molar-refractivity contribution in [3.63, 3.8) is 0 Å². The fourth-order valence-electron chi connectivity index (χ4n) is 2.95. The molecule has 0 fully saturated rings. The second-order valence-electron chi connectivity index (χ2n) is 5.80.